The Kier molecular flexibility index (Phi) is 8.44. The fourth-order valence-electron chi connectivity index (χ4n) is 13.0. The van der Waals surface area contributed by atoms with Crippen molar-refractivity contribution in [2.75, 3.05) is 9.71 Å². The minimum absolute atomic E-state index is 0.000148. The molecule has 0 atom stereocenters. The third-order valence-electron chi connectivity index (χ3n) is 17.1. The lowest BCUT2D eigenvalue weighted by atomic mass is 9.45. The van der Waals surface area contributed by atoms with E-state index in [1.165, 1.54) is 84.6 Å². The lowest BCUT2D eigenvalue weighted by molar-refractivity contribution is 0.332. The van der Waals surface area contributed by atoms with Gasteiger partial charge in [-0.15, -0.1) is 0 Å². The fourth-order valence-corrected chi connectivity index (χ4v) is 13.0. The second kappa shape index (κ2) is 13.7. The molecule has 0 saturated heterocycles. The number of hydrogen-bond acceptors (Lipinski definition) is 4. The Hall–Kier alpha value is -6.46. The van der Waals surface area contributed by atoms with Crippen LogP contribution in [0.4, 0.5) is 28.4 Å². The highest BCUT2D eigenvalue weighted by molar-refractivity contribution is 6.93. The summed E-state index contributed by atoms with van der Waals surface area (Å²) in [5, 5.41) is 3.39. The lowest BCUT2D eigenvalue weighted by Crippen LogP contribution is -2.61. The van der Waals surface area contributed by atoms with Gasteiger partial charge in [0, 0.05) is 55.5 Å². The zero-order valence-electron chi connectivity index (χ0n) is 42.7. The average molecular weight is 903 g/mol. The molecule has 5 heteroatoms. The molecule has 4 nitrogen and oxygen atoms in total. The number of aryl methyl sites for hydroxylation is 1. The molecule has 4 heterocycles. The Bertz CT molecular complexity index is 3690. The van der Waals surface area contributed by atoms with Crippen LogP contribution in [-0.2, 0) is 27.1 Å². The normalized spacial score (nSPS) is 17.2. The third kappa shape index (κ3) is 5.83. The highest BCUT2D eigenvalue weighted by atomic mass is 16.3. The maximum atomic E-state index is 7.57. The molecule has 0 bridgehead atoms. The summed E-state index contributed by atoms with van der Waals surface area (Å²) >= 11 is 0. The van der Waals surface area contributed by atoms with E-state index in [1.807, 2.05) is 0 Å². The summed E-state index contributed by atoms with van der Waals surface area (Å²) in [6.07, 6.45) is 2.30. The Morgan fingerprint density at radius 3 is 1.88 bits per heavy atom. The smallest absolute Gasteiger partial charge is 0.376 e. The summed E-state index contributed by atoms with van der Waals surface area (Å²) in [7, 11) is 0. The predicted molar refractivity (Wildman–Crippen MR) is 292 cm³/mol. The van der Waals surface area contributed by atoms with Gasteiger partial charge < -0.3 is 18.5 Å². The van der Waals surface area contributed by atoms with Gasteiger partial charge in [0.25, 0.3) is 0 Å². The van der Waals surface area contributed by atoms with Crippen LogP contribution in [-0.4, -0.2) is 6.85 Å². The van der Waals surface area contributed by atoms with Gasteiger partial charge in [-0.1, -0.05) is 150 Å². The predicted octanol–water partition coefficient (Wildman–Crippen LogP) is 16.6. The minimum Gasteiger partial charge on any atom is -0.466 e. The van der Waals surface area contributed by atoms with E-state index in [0.29, 0.717) is 0 Å². The van der Waals surface area contributed by atoms with Crippen molar-refractivity contribution in [1.29, 1.82) is 0 Å². The molecule has 0 N–H and O–H groups in total. The van der Waals surface area contributed by atoms with Crippen LogP contribution in [0.3, 0.4) is 0 Å². The molecule has 2 aliphatic carbocycles. The van der Waals surface area contributed by atoms with Gasteiger partial charge in [0.15, 0.2) is 0 Å². The highest BCUT2D eigenvalue weighted by Crippen LogP contribution is 2.58. The standard InChI is InChI=1S/C64H63BN2O2/c1-36-30-48-49(63(10,11)29-28-62(48,8)9)35-50(36)66-52-33-43-41-19-15-17-21-53(41)68-58(43)55-44-32-42-40-18-14-16-20-46(40)64(12,13)47(42)34-51(44)67(39-25-22-37(23-26-39)60(2,3)4)65(56(52)55)59-57(66)45-31-38(61(5,6)7)24-27-54(45)69-59/h14-27,30-35H,28-29H2,1-13H3. The number of benzene rings is 7. The van der Waals surface area contributed by atoms with Crippen molar-refractivity contribution in [3.8, 4) is 22.3 Å². The van der Waals surface area contributed by atoms with Crippen molar-refractivity contribution in [3.63, 3.8) is 0 Å². The van der Waals surface area contributed by atoms with Crippen LogP contribution >= 0.6 is 0 Å². The Morgan fingerprint density at radius 2 is 1.16 bits per heavy atom. The van der Waals surface area contributed by atoms with E-state index in [4.69, 9.17) is 8.83 Å². The molecule has 344 valence electrons. The second-order valence-corrected chi connectivity index (χ2v) is 24.9. The summed E-state index contributed by atoms with van der Waals surface area (Å²) in [4.78, 5) is 5.24. The number of hydrogen-bond donors (Lipinski definition) is 0. The van der Waals surface area contributed by atoms with Crippen LogP contribution in [0.25, 0.3) is 55.2 Å². The molecule has 0 radical (unpaired) electrons. The molecule has 0 amide bonds. The molecule has 0 saturated carbocycles. The zero-order chi connectivity index (χ0) is 48.1. The topological polar surface area (TPSA) is 32.8 Å². The summed E-state index contributed by atoms with van der Waals surface area (Å²) < 4.78 is 14.8. The molecule has 2 aliphatic heterocycles. The van der Waals surface area contributed by atoms with Gasteiger partial charge in [-0.2, -0.15) is 0 Å². The molecule has 7 aromatic carbocycles. The molecule has 0 fully saturated rings. The van der Waals surface area contributed by atoms with Gasteiger partial charge in [-0.05, 0) is 152 Å². The molecule has 13 rings (SSSR count). The van der Waals surface area contributed by atoms with Crippen molar-refractivity contribution in [1.82, 2.24) is 0 Å². The van der Waals surface area contributed by atoms with Crippen molar-refractivity contribution >= 4 is 79.3 Å². The van der Waals surface area contributed by atoms with E-state index in [2.05, 4.69) is 221 Å². The number of fused-ring (bicyclic) bond motifs is 14. The number of anilines is 5. The van der Waals surface area contributed by atoms with Crippen LogP contribution < -0.4 is 20.8 Å². The number of nitrogens with zero attached hydrogens (tertiary/aromatic N) is 2. The number of para-hydroxylation sites is 1. The largest absolute Gasteiger partial charge is 0.466 e. The van der Waals surface area contributed by atoms with Crippen molar-refractivity contribution in [3.05, 3.63) is 160 Å². The zero-order valence-corrected chi connectivity index (χ0v) is 42.7. The SMILES string of the molecule is Cc1cc2c(cc1N1c3cc4c(oc5ccccc54)c4c3B(c3oc5ccc(C(C)(C)C)cc5c31)N(c1ccc(C(C)(C)C)cc1)c1cc3c(cc1-4)-c1ccccc1C3(C)C)C(C)(C)CCC2(C)C. The van der Waals surface area contributed by atoms with E-state index in [0.717, 1.165) is 61.9 Å². The van der Waals surface area contributed by atoms with Gasteiger partial charge in [-0.3, -0.25) is 0 Å². The van der Waals surface area contributed by atoms with E-state index >= 15 is 0 Å². The molecular weight excluding hydrogens is 840 g/mol. The summed E-state index contributed by atoms with van der Waals surface area (Å²) in [5.74, 6) is 0. The van der Waals surface area contributed by atoms with E-state index in [1.54, 1.807) is 0 Å². The van der Waals surface area contributed by atoms with Crippen LogP contribution in [0.2, 0.25) is 0 Å². The maximum absolute atomic E-state index is 7.57. The van der Waals surface area contributed by atoms with Gasteiger partial charge in [0.05, 0.1) is 5.69 Å². The number of rotatable bonds is 2. The summed E-state index contributed by atoms with van der Waals surface area (Å²) in [6, 6.07) is 46.6. The van der Waals surface area contributed by atoms with Gasteiger partial charge in [-0.25, -0.2) is 0 Å². The molecule has 0 unspecified atom stereocenters. The van der Waals surface area contributed by atoms with Gasteiger partial charge in [0.1, 0.15) is 22.4 Å². The first kappa shape index (κ1) is 42.6. The summed E-state index contributed by atoms with van der Waals surface area (Å²) in [5.41, 5.74) is 24.9. The van der Waals surface area contributed by atoms with Crippen molar-refractivity contribution < 1.29 is 8.83 Å². The quantitative estimate of drug-likeness (QED) is 0.162. The second-order valence-electron chi connectivity index (χ2n) is 24.9. The Balaban J connectivity index is 1.22. The van der Waals surface area contributed by atoms with E-state index < -0.39 is 0 Å². The lowest BCUT2D eigenvalue weighted by Gasteiger charge is -2.46. The Labute approximate surface area is 408 Å². The van der Waals surface area contributed by atoms with Crippen molar-refractivity contribution in [2.45, 2.75) is 130 Å². The molecular formula is C64H63BN2O2. The van der Waals surface area contributed by atoms with Crippen molar-refractivity contribution in [2.24, 2.45) is 0 Å². The first-order chi connectivity index (χ1) is 32.6. The average Bonchev–Trinajstić information content (AvgIpc) is 3.94. The maximum Gasteiger partial charge on any atom is 0.376 e. The molecule has 9 aromatic rings. The molecule has 4 aliphatic rings. The highest BCUT2D eigenvalue weighted by Gasteiger charge is 2.51. The van der Waals surface area contributed by atoms with E-state index in [9.17, 15) is 0 Å². The van der Waals surface area contributed by atoms with Crippen LogP contribution in [0.15, 0.2) is 130 Å². The van der Waals surface area contributed by atoms with Crippen LogP contribution in [0.5, 0.6) is 0 Å². The van der Waals surface area contributed by atoms with Gasteiger partial charge >= 0.3 is 6.85 Å². The fraction of sp³-hybridized carbons (Fsp3) is 0.312. The monoisotopic (exact) mass is 902 g/mol. The van der Waals surface area contributed by atoms with Crippen LogP contribution in [0, 0.1) is 6.92 Å². The molecule has 2 aromatic heterocycles. The van der Waals surface area contributed by atoms with Crippen LogP contribution in [0.1, 0.15) is 135 Å². The number of furan rings is 2. The molecule has 0 spiro atoms. The first-order valence-corrected chi connectivity index (χ1v) is 25.3. The summed E-state index contributed by atoms with van der Waals surface area (Å²) in [6.45, 7) is 30.4. The van der Waals surface area contributed by atoms with E-state index in [-0.39, 0.29) is 33.9 Å². The third-order valence-corrected chi connectivity index (χ3v) is 17.1. The minimum atomic E-state index is -0.324. The first-order valence-electron chi connectivity index (χ1n) is 25.3. The Morgan fingerprint density at radius 1 is 0.522 bits per heavy atom. The molecule has 69 heavy (non-hydrogen) atoms. The van der Waals surface area contributed by atoms with Gasteiger partial charge in [0.2, 0.25) is 0 Å².